The minimum absolute atomic E-state index is 0.269. The van der Waals surface area contributed by atoms with E-state index in [0.717, 1.165) is 27.4 Å². The predicted molar refractivity (Wildman–Crippen MR) is 101 cm³/mol. The van der Waals surface area contributed by atoms with Gasteiger partial charge in [0.15, 0.2) is 22.5 Å². The summed E-state index contributed by atoms with van der Waals surface area (Å²) in [5.41, 5.74) is 2.09. The van der Waals surface area contributed by atoms with Crippen molar-refractivity contribution >= 4 is 22.7 Å². The second-order valence-corrected chi connectivity index (χ2v) is 6.80. The molecule has 4 rings (SSSR count). The molecule has 0 saturated heterocycles. The van der Waals surface area contributed by atoms with Crippen LogP contribution in [0, 0.1) is 5.82 Å². The third kappa shape index (κ3) is 3.17. The minimum atomic E-state index is -0.349. The number of aromatic amines is 1. The number of hydrogen-bond donors (Lipinski definition) is 1. The fourth-order valence-corrected chi connectivity index (χ4v) is 3.51. The molecule has 0 radical (unpaired) electrons. The average Bonchev–Trinajstić information content (AvgIpc) is 3.24. The highest BCUT2D eigenvalue weighted by atomic mass is 32.2. The summed E-state index contributed by atoms with van der Waals surface area (Å²) in [4.78, 5) is 3.26. The molecule has 2 heterocycles. The molecule has 132 valence electrons. The predicted octanol–water partition coefficient (Wildman–Crippen LogP) is 4.27. The van der Waals surface area contributed by atoms with E-state index >= 15 is 0 Å². The van der Waals surface area contributed by atoms with Crippen molar-refractivity contribution in [3.63, 3.8) is 0 Å². The van der Waals surface area contributed by atoms with Gasteiger partial charge in [0.2, 0.25) is 0 Å². The van der Waals surface area contributed by atoms with Gasteiger partial charge in [0.25, 0.3) is 0 Å². The smallest absolute Gasteiger partial charge is 0.191 e. The SMILES string of the molecule is Cn1c(SCCOc2ccccc2F)nnc1-c1c[nH]c2ccccc12. The van der Waals surface area contributed by atoms with Crippen LogP contribution in [-0.4, -0.2) is 32.1 Å². The van der Waals surface area contributed by atoms with Gasteiger partial charge in [-0.05, 0) is 18.2 Å². The molecule has 26 heavy (non-hydrogen) atoms. The molecule has 5 nitrogen and oxygen atoms in total. The lowest BCUT2D eigenvalue weighted by Crippen LogP contribution is -2.03. The van der Waals surface area contributed by atoms with E-state index in [1.807, 2.05) is 36.0 Å². The van der Waals surface area contributed by atoms with Crippen molar-refractivity contribution in [2.45, 2.75) is 5.16 Å². The van der Waals surface area contributed by atoms with Gasteiger partial charge in [-0.1, -0.05) is 42.1 Å². The van der Waals surface area contributed by atoms with Crippen LogP contribution in [0.3, 0.4) is 0 Å². The van der Waals surface area contributed by atoms with Crippen LogP contribution in [0.5, 0.6) is 5.75 Å². The maximum absolute atomic E-state index is 13.5. The van der Waals surface area contributed by atoms with Crippen LogP contribution < -0.4 is 4.74 Å². The van der Waals surface area contributed by atoms with Gasteiger partial charge in [0, 0.05) is 35.5 Å². The zero-order valence-corrected chi connectivity index (χ0v) is 15.0. The van der Waals surface area contributed by atoms with Gasteiger partial charge < -0.3 is 14.3 Å². The second kappa shape index (κ2) is 7.21. The van der Waals surface area contributed by atoms with E-state index in [0.29, 0.717) is 12.4 Å². The van der Waals surface area contributed by atoms with Gasteiger partial charge in [-0.15, -0.1) is 10.2 Å². The van der Waals surface area contributed by atoms with Crippen molar-refractivity contribution in [1.29, 1.82) is 0 Å². The van der Waals surface area contributed by atoms with E-state index in [1.54, 1.807) is 18.2 Å². The standard InChI is InChI=1S/C19H17FN4OS/c1-24-18(14-12-21-16-8-4-2-6-13(14)16)22-23-19(24)26-11-10-25-17-9-5-3-7-15(17)20/h2-9,12,21H,10-11H2,1H3. The number of H-pyrrole nitrogens is 1. The Morgan fingerprint density at radius 3 is 2.81 bits per heavy atom. The monoisotopic (exact) mass is 368 g/mol. The summed E-state index contributed by atoms with van der Waals surface area (Å²) < 4.78 is 21.0. The molecular formula is C19H17FN4OS. The molecule has 4 aromatic rings. The summed E-state index contributed by atoms with van der Waals surface area (Å²) in [5, 5.41) is 10.5. The summed E-state index contributed by atoms with van der Waals surface area (Å²) in [6.45, 7) is 0.390. The van der Waals surface area contributed by atoms with Gasteiger partial charge >= 0.3 is 0 Å². The minimum Gasteiger partial charge on any atom is -0.490 e. The Labute approximate surface area is 154 Å². The van der Waals surface area contributed by atoms with E-state index in [4.69, 9.17) is 4.74 Å². The highest BCUT2D eigenvalue weighted by Crippen LogP contribution is 2.29. The van der Waals surface area contributed by atoms with Crippen LogP contribution >= 0.6 is 11.8 Å². The quantitative estimate of drug-likeness (QED) is 0.408. The first kappa shape index (κ1) is 16.7. The average molecular weight is 368 g/mol. The Morgan fingerprint density at radius 1 is 1.12 bits per heavy atom. The van der Waals surface area contributed by atoms with E-state index < -0.39 is 0 Å². The Bertz CT molecular complexity index is 1040. The molecule has 0 atom stereocenters. The Kier molecular flexibility index (Phi) is 4.62. The van der Waals surface area contributed by atoms with Crippen molar-refractivity contribution in [3.05, 3.63) is 60.5 Å². The number of ether oxygens (including phenoxy) is 1. The summed E-state index contributed by atoms with van der Waals surface area (Å²) >= 11 is 1.53. The van der Waals surface area contributed by atoms with Crippen molar-refractivity contribution in [2.24, 2.45) is 7.05 Å². The molecule has 0 unspecified atom stereocenters. The number of nitrogens with zero attached hydrogens (tertiary/aromatic N) is 3. The molecule has 0 amide bonds. The lowest BCUT2D eigenvalue weighted by molar-refractivity contribution is 0.325. The number of nitrogens with one attached hydrogen (secondary N) is 1. The van der Waals surface area contributed by atoms with Crippen molar-refractivity contribution in [1.82, 2.24) is 19.7 Å². The maximum Gasteiger partial charge on any atom is 0.191 e. The normalized spacial score (nSPS) is 11.2. The number of halogens is 1. The van der Waals surface area contributed by atoms with Crippen molar-refractivity contribution in [3.8, 4) is 17.1 Å². The first-order valence-corrected chi connectivity index (χ1v) is 9.18. The Morgan fingerprint density at radius 2 is 1.92 bits per heavy atom. The molecule has 0 fully saturated rings. The number of fused-ring (bicyclic) bond motifs is 1. The van der Waals surface area contributed by atoms with Crippen LogP contribution in [0.2, 0.25) is 0 Å². The van der Waals surface area contributed by atoms with E-state index in [2.05, 4.69) is 21.2 Å². The van der Waals surface area contributed by atoms with E-state index in [1.165, 1.54) is 17.8 Å². The molecule has 0 aliphatic rings. The second-order valence-electron chi connectivity index (χ2n) is 5.74. The maximum atomic E-state index is 13.5. The Hall–Kier alpha value is -2.80. The number of aromatic nitrogens is 4. The molecule has 2 aromatic heterocycles. The number of benzene rings is 2. The van der Waals surface area contributed by atoms with Gasteiger partial charge in [-0.2, -0.15) is 0 Å². The molecule has 0 aliphatic heterocycles. The van der Waals surface area contributed by atoms with E-state index in [9.17, 15) is 4.39 Å². The van der Waals surface area contributed by atoms with Crippen LogP contribution in [0.15, 0.2) is 59.9 Å². The van der Waals surface area contributed by atoms with Crippen molar-refractivity contribution in [2.75, 3.05) is 12.4 Å². The molecule has 0 spiro atoms. The summed E-state index contributed by atoms with van der Waals surface area (Å²) in [6, 6.07) is 14.5. The van der Waals surface area contributed by atoms with Crippen molar-refractivity contribution < 1.29 is 9.13 Å². The van der Waals surface area contributed by atoms with Crippen LogP contribution in [0.25, 0.3) is 22.3 Å². The van der Waals surface area contributed by atoms with Gasteiger partial charge in [0.1, 0.15) is 0 Å². The van der Waals surface area contributed by atoms with Crippen LogP contribution in [-0.2, 0) is 7.05 Å². The van der Waals surface area contributed by atoms with Gasteiger partial charge in [-0.25, -0.2) is 4.39 Å². The highest BCUT2D eigenvalue weighted by molar-refractivity contribution is 7.99. The largest absolute Gasteiger partial charge is 0.490 e. The molecule has 1 N–H and O–H groups in total. The molecule has 7 heteroatoms. The van der Waals surface area contributed by atoms with Gasteiger partial charge in [-0.3, -0.25) is 0 Å². The fourth-order valence-electron chi connectivity index (χ4n) is 2.78. The number of rotatable bonds is 6. The lowest BCUT2D eigenvalue weighted by Gasteiger charge is -2.06. The topological polar surface area (TPSA) is 55.7 Å². The molecule has 2 aromatic carbocycles. The first-order valence-electron chi connectivity index (χ1n) is 8.20. The third-order valence-corrected chi connectivity index (χ3v) is 5.06. The highest BCUT2D eigenvalue weighted by Gasteiger charge is 2.14. The first-order chi connectivity index (χ1) is 12.7. The summed E-state index contributed by atoms with van der Waals surface area (Å²) in [6.07, 6.45) is 1.95. The summed E-state index contributed by atoms with van der Waals surface area (Å²) in [5.74, 6) is 1.37. The molecular weight excluding hydrogens is 351 g/mol. The fraction of sp³-hybridized carbons (Fsp3) is 0.158. The Balaban J connectivity index is 1.44. The number of thioether (sulfide) groups is 1. The zero-order chi connectivity index (χ0) is 17.9. The number of para-hydroxylation sites is 2. The lowest BCUT2D eigenvalue weighted by atomic mass is 10.1. The molecule has 0 aliphatic carbocycles. The summed E-state index contributed by atoms with van der Waals surface area (Å²) in [7, 11) is 1.94. The third-order valence-electron chi connectivity index (χ3n) is 4.07. The van der Waals surface area contributed by atoms with E-state index in [-0.39, 0.29) is 11.6 Å². The van der Waals surface area contributed by atoms with Crippen LogP contribution in [0.1, 0.15) is 0 Å². The van der Waals surface area contributed by atoms with Crippen LogP contribution in [0.4, 0.5) is 4.39 Å². The molecule has 0 bridgehead atoms. The zero-order valence-electron chi connectivity index (χ0n) is 14.1. The van der Waals surface area contributed by atoms with Gasteiger partial charge in [0.05, 0.1) is 6.61 Å². The molecule has 0 saturated carbocycles. The number of hydrogen-bond acceptors (Lipinski definition) is 4.